The molecule has 0 aliphatic carbocycles. The van der Waals surface area contributed by atoms with E-state index in [0.29, 0.717) is 30.4 Å². The first-order chi connectivity index (χ1) is 10.7. The van der Waals surface area contributed by atoms with E-state index in [1.807, 2.05) is 26.8 Å². The number of nitrogens with one attached hydrogen (secondary N) is 1. The maximum atomic E-state index is 12.4. The highest BCUT2D eigenvalue weighted by molar-refractivity contribution is 5.95. The largest absolute Gasteiger partial charge is 0.494 e. The lowest BCUT2D eigenvalue weighted by Crippen LogP contribution is -2.23. The molecule has 0 unspecified atom stereocenters. The molecule has 0 radical (unpaired) electrons. The number of anilines is 1. The molecule has 1 amide bonds. The van der Waals surface area contributed by atoms with E-state index in [-0.39, 0.29) is 11.9 Å². The van der Waals surface area contributed by atoms with Crippen molar-refractivity contribution in [1.82, 2.24) is 9.55 Å². The Hall–Kier alpha value is -2.50. The molecule has 0 saturated heterocycles. The minimum absolute atomic E-state index is 0.146. The monoisotopic (exact) mass is 303 g/mol. The number of benzene rings is 1. The second-order valence-electron chi connectivity index (χ2n) is 4.70. The molecular weight excluding hydrogens is 282 g/mol. The highest BCUT2D eigenvalue weighted by Gasteiger charge is 2.17. The van der Waals surface area contributed by atoms with Crippen LogP contribution in [0, 0.1) is 0 Å². The molecule has 0 saturated carbocycles. The zero-order valence-electron chi connectivity index (χ0n) is 13.1. The molecule has 1 atom stereocenters. The predicted molar refractivity (Wildman–Crippen MR) is 84.3 cm³/mol. The Morgan fingerprint density at radius 1 is 1.32 bits per heavy atom. The molecule has 1 aromatic carbocycles. The van der Waals surface area contributed by atoms with E-state index in [0.717, 1.165) is 0 Å². The average molecular weight is 303 g/mol. The summed E-state index contributed by atoms with van der Waals surface area (Å²) in [6, 6.07) is 5.02. The van der Waals surface area contributed by atoms with Crippen LogP contribution in [0.25, 0.3) is 0 Å². The van der Waals surface area contributed by atoms with Crippen molar-refractivity contribution in [3.05, 3.63) is 36.9 Å². The minimum atomic E-state index is -0.368. The second kappa shape index (κ2) is 7.49. The summed E-state index contributed by atoms with van der Waals surface area (Å²) < 4.78 is 12.8. The normalized spacial score (nSPS) is 11.8. The van der Waals surface area contributed by atoms with Gasteiger partial charge in [-0.1, -0.05) is 0 Å². The maximum Gasteiger partial charge on any atom is 0.247 e. The summed E-state index contributed by atoms with van der Waals surface area (Å²) in [6.07, 6.45) is 5.01. The zero-order valence-corrected chi connectivity index (χ0v) is 13.1. The molecular formula is C16H21N3O3. The standard InChI is InChI=1S/C16H21N3O3/c1-4-21-13-6-7-15(22-5-2)14(10-13)18-16(20)12(3)19-9-8-17-11-19/h6-12H,4-5H2,1-3H3,(H,18,20)/t12-/m1/s1. The van der Waals surface area contributed by atoms with E-state index < -0.39 is 0 Å². The van der Waals surface area contributed by atoms with Crippen LogP contribution in [-0.4, -0.2) is 28.7 Å². The first kappa shape index (κ1) is 15.9. The highest BCUT2D eigenvalue weighted by Crippen LogP contribution is 2.30. The van der Waals surface area contributed by atoms with Crippen molar-refractivity contribution in [3.63, 3.8) is 0 Å². The summed E-state index contributed by atoms with van der Waals surface area (Å²) in [5.74, 6) is 1.17. The van der Waals surface area contributed by atoms with Crippen LogP contribution in [-0.2, 0) is 4.79 Å². The fourth-order valence-electron chi connectivity index (χ4n) is 2.02. The van der Waals surface area contributed by atoms with Crippen LogP contribution in [0.15, 0.2) is 36.9 Å². The van der Waals surface area contributed by atoms with Gasteiger partial charge in [-0.2, -0.15) is 0 Å². The molecule has 118 valence electrons. The molecule has 6 heteroatoms. The third-order valence-corrected chi connectivity index (χ3v) is 3.17. The molecule has 0 aliphatic rings. The van der Waals surface area contributed by atoms with Crippen molar-refractivity contribution < 1.29 is 14.3 Å². The second-order valence-corrected chi connectivity index (χ2v) is 4.70. The lowest BCUT2D eigenvalue weighted by atomic mass is 10.2. The topological polar surface area (TPSA) is 65.4 Å². The summed E-state index contributed by atoms with van der Waals surface area (Å²) in [5, 5.41) is 2.89. The molecule has 0 aliphatic heterocycles. The van der Waals surface area contributed by atoms with Gasteiger partial charge in [-0.25, -0.2) is 4.98 Å². The van der Waals surface area contributed by atoms with Crippen LogP contribution in [0.3, 0.4) is 0 Å². The minimum Gasteiger partial charge on any atom is -0.494 e. The molecule has 1 N–H and O–H groups in total. The molecule has 2 aromatic rings. The van der Waals surface area contributed by atoms with E-state index in [1.54, 1.807) is 35.4 Å². The SMILES string of the molecule is CCOc1ccc(OCC)c(NC(=O)[C@@H](C)n2ccnc2)c1. The first-order valence-electron chi connectivity index (χ1n) is 7.33. The quantitative estimate of drug-likeness (QED) is 0.854. The van der Waals surface area contributed by atoms with Gasteiger partial charge in [-0.15, -0.1) is 0 Å². The van der Waals surface area contributed by atoms with Crippen LogP contribution in [0.4, 0.5) is 5.69 Å². The van der Waals surface area contributed by atoms with Gasteiger partial charge >= 0.3 is 0 Å². The summed E-state index contributed by atoms with van der Waals surface area (Å²) >= 11 is 0. The summed E-state index contributed by atoms with van der Waals surface area (Å²) in [7, 11) is 0. The van der Waals surface area contributed by atoms with Crippen molar-refractivity contribution in [2.24, 2.45) is 0 Å². The molecule has 0 bridgehead atoms. The molecule has 0 fully saturated rings. The molecule has 2 rings (SSSR count). The van der Waals surface area contributed by atoms with E-state index in [2.05, 4.69) is 10.3 Å². The van der Waals surface area contributed by atoms with Gasteiger partial charge in [0.15, 0.2) is 0 Å². The lowest BCUT2D eigenvalue weighted by molar-refractivity contribution is -0.118. The van der Waals surface area contributed by atoms with Gasteiger partial charge in [0.05, 0.1) is 25.2 Å². The Labute approximate surface area is 130 Å². The summed E-state index contributed by atoms with van der Waals surface area (Å²) in [5.41, 5.74) is 0.602. The number of nitrogens with zero attached hydrogens (tertiary/aromatic N) is 2. The first-order valence-corrected chi connectivity index (χ1v) is 7.33. The number of aromatic nitrogens is 2. The Morgan fingerprint density at radius 2 is 2.09 bits per heavy atom. The van der Waals surface area contributed by atoms with Gasteiger partial charge in [-0.05, 0) is 32.9 Å². The number of hydrogen-bond acceptors (Lipinski definition) is 4. The van der Waals surface area contributed by atoms with Crippen LogP contribution in [0.2, 0.25) is 0 Å². The van der Waals surface area contributed by atoms with Gasteiger partial charge in [0.1, 0.15) is 17.5 Å². The van der Waals surface area contributed by atoms with Crippen LogP contribution in [0.5, 0.6) is 11.5 Å². The zero-order chi connectivity index (χ0) is 15.9. The highest BCUT2D eigenvalue weighted by atomic mass is 16.5. The van der Waals surface area contributed by atoms with Gasteiger partial charge < -0.3 is 19.4 Å². The maximum absolute atomic E-state index is 12.4. The number of ether oxygens (including phenoxy) is 2. The lowest BCUT2D eigenvalue weighted by Gasteiger charge is -2.16. The van der Waals surface area contributed by atoms with Crippen LogP contribution in [0.1, 0.15) is 26.8 Å². The third kappa shape index (κ3) is 3.78. The number of carbonyl (C=O) groups excluding carboxylic acids is 1. The molecule has 22 heavy (non-hydrogen) atoms. The van der Waals surface area contributed by atoms with Crippen molar-refractivity contribution in [2.45, 2.75) is 26.8 Å². The van der Waals surface area contributed by atoms with Crippen LogP contribution < -0.4 is 14.8 Å². The van der Waals surface area contributed by atoms with Gasteiger partial charge in [0.25, 0.3) is 0 Å². The third-order valence-electron chi connectivity index (χ3n) is 3.17. The van der Waals surface area contributed by atoms with Crippen molar-refractivity contribution in [3.8, 4) is 11.5 Å². The van der Waals surface area contributed by atoms with E-state index >= 15 is 0 Å². The molecule has 1 heterocycles. The van der Waals surface area contributed by atoms with Crippen LogP contribution >= 0.6 is 0 Å². The van der Waals surface area contributed by atoms with Gasteiger partial charge in [0, 0.05) is 18.5 Å². The van der Waals surface area contributed by atoms with Crippen molar-refractivity contribution >= 4 is 11.6 Å². The van der Waals surface area contributed by atoms with Crippen molar-refractivity contribution in [2.75, 3.05) is 18.5 Å². The molecule has 0 spiro atoms. The summed E-state index contributed by atoms with van der Waals surface area (Å²) in [4.78, 5) is 16.3. The number of amides is 1. The van der Waals surface area contributed by atoms with Gasteiger partial charge in [0.2, 0.25) is 5.91 Å². The molecule has 6 nitrogen and oxygen atoms in total. The Bertz CT molecular complexity index is 611. The van der Waals surface area contributed by atoms with E-state index in [1.165, 1.54) is 0 Å². The van der Waals surface area contributed by atoms with E-state index in [4.69, 9.17) is 9.47 Å². The Balaban J connectivity index is 2.18. The molecule has 1 aromatic heterocycles. The average Bonchev–Trinajstić information content (AvgIpc) is 3.03. The number of rotatable bonds is 7. The Kier molecular flexibility index (Phi) is 5.41. The Morgan fingerprint density at radius 3 is 2.73 bits per heavy atom. The fourth-order valence-corrected chi connectivity index (χ4v) is 2.02. The number of hydrogen-bond donors (Lipinski definition) is 1. The smallest absolute Gasteiger partial charge is 0.247 e. The van der Waals surface area contributed by atoms with Gasteiger partial charge in [-0.3, -0.25) is 4.79 Å². The fraction of sp³-hybridized carbons (Fsp3) is 0.375. The van der Waals surface area contributed by atoms with E-state index in [9.17, 15) is 4.79 Å². The number of imidazole rings is 1. The van der Waals surface area contributed by atoms with Crippen molar-refractivity contribution in [1.29, 1.82) is 0 Å². The summed E-state index contributed by atoms with van der Waals surface area (Å²) in [6.45, 7) is 6.70. The predicted octanol–water partition coefficient (Wildman–Crippen LogP) is 2.88. The number of carbonyl (C=O) groups is 1.